The smallest absolute Gasteiger partial charge is 0.282 e. The SMILES string of the molecule is CCCCc1ccc([C@@H](NC(=O)CN2CCSC2=O)C(C)C)cc1. The minimum Gasteiger partial charge on any atom is -0.347 e. The fourth-order valence-corrected chi connectivity index (χ4v) is 3.69. The molecule has 1 saturated heterocycles. The van der Waals surface area contributed by atoms with E-state index in [2.05, 4.69) is 50.4 Å². The highest BCUT2D eigenvalue weighted by molar-refractivity contribution is 8.13. The van der Waals surface area contributed by atoms with Gasteiger partial charge < -0.3 is 10.2 Å². The lowest BCUT2D eigenvalue weighted by Crippen LogP contribution is -2.40. The van der Waals surface area contributed by atoms with Gasteiger partial charge in [0.05, 0.1) is 6.04 Å². The average Bonchev–Trinajstić information content (AvgIpc) is 2.96. The van der Waals surface area contributed by atoms with Crippen LogP contribution in [0.2, 0.25) is 0 Å². The number of nitrogens with zero attached hydrogens (tertiary/aromatic N) is 1. The first-order chi connectivity index (χ1) is 11.5. The molecule has 0 spiro atoms. The molecule has 0 unspecified atom stereocenters. The van der Waals surface area contributed by atoms with Crippen LogP contribution in [0.15, 0.2) is 24.3 Å². The Morgan fingerprint density at radius 2 is 2.00 bits per heavy atom. The van der Waals surface area contributed by atoms with E-state index in [0.29, 0.717) is 12.5 Å². The first-order valence-electron chi connectivity index (χ1n) is 8.81. The maximum absolute atomic E-state index is 12.3. The van der Waals surface area contributed by atoms with Crippen molar-refractivity contribution in [1.29, 1.82) is 0 Å². The van der Waals surface area contributed by atoms with Crippen LogP contribution in [0.5, 0.6) is 0 Å². The maximum Gasteiger partial charge on any atom is 0.282 e. The summed E-state index contributed by atoms with van der Waals surface area (Å²) < 4.78 is 0. The summed E-state index contributed by atoms with van der Waals surface area (Å²) >= 11 is 1.28. The van der Waals surface area contributed by atoms with Gasteiger partial charge in [-0.1, -0.05) is 63.2 Å². The molecule has 0 aromatic heterocycles. The molecular weight excluding hydrogens is 320 g/mol. The first-order valence-corrected chi connectivity index (χ1v) is 9.79. The van der Waals surface area contributed by atoms with Crippen molar-refractivity contribution >= 4 is 22.9 Å². The van der Waals surface area contributed by atoms with Gasteiger partial charge in [-0.25, -0.2) is 0 Å². The zero-order chi connectivity index (χ0) is 17.5. The number of carbonyl (C=O) groups is 2. The van der Waals surface area contributed by atoms with E-state index in [-0.39, 0.29) is 23.7 Å². The van der Waals surface area contributed by atoms with Crippen LogP contribution in [-0.4, -0.2) is 34.9 Å². The first kappa shape index (κ1) is 18.8. The average molecular weight is 349 g/mol. The Hall–Kier alpha value is -1.49. The topological polar surface area (TPSA) is 49.4 Å². The molecular formula is C19H28N2O2S. The number of unbranched alkanes of at least 4 members (excludes halogenated alkanes) is 1. The molecule has 1 aliphatic heterocycles. The Balaban J connectivity index is 1.98. The minimum atomic E-state index is -0.0837. The number of aryl methyl sites for hydroxylation is 1. The van der Waals surface area contributed by atoms with Gasteiger partial charge in [0, 0.05) is 12.3 Å². The van der Waals surface area contributed by atoms with Gasteiger partial charge in [0.2, 0.25) is 5.91 Å². The molecule has 1 N–H and O–H groups in total. The van der Waals surface area contributed by atoms with Crippen LogP contribution in [0.1, 0.15) is 50.8 Å². The monoisotopic (exact) mass is 348 g/mol. The molecule has 2 amide bonds. The molecule has 0 saturated carbocycles. The van der Waals surface area contributed by atoms with Crippen LogP contribution in [-0.2, 0) is 11.2 Å². The summed E-state index contributed by atoms with van der Waals surface area (Å²) in [6.45, 7) is 7.22. The predicted octanol–water partition coefficient (Wildman–Crippen LogP) is 4.01. The second kappa shape index (κ2) is 9.11. The molecule has 1 aromatic carbocycles. The number of amides is 2. The maximum atomic E-state index is 12.3. The van der Waals surface area contributed by atoms with E-state index in [1.165, 1.54) is 30.2 Å². The standard InChI is InChI=1S/C19H28N2O2S/c1-4-5-6-15-7-9-16(10-8-15)18(14(2)3)20-17(22)13-21-11-12-24-19(21)23/h7-10,14,18H,4-6,11-13H2,1-3H3,(H,20,22)/t18-/m0/s1. The van der Waals surface area contributed by atoms with E-state index < -0.39 is 0 Å². The molecule has 1 fully saturated rings. The molecule has 132 valence electrons. The van der Waals surface area contributed by atoms with E-state index in [1.807, 2.05) is 0 Å². The second-order valence-corrected chi connectivity index (χ2v) is 7.72. The van der Waals surface area contributed by atoms with Crippen molar-refractivity contribution in [2.45, 2.75) is 46.1 Å². The van der Waals surface area contributed by atoms with E-state index in [0.717, 1.165) is 17.7 Å². The Kier molecular flexibility index (Phi) is 7.16. The van der Waals surface area contributed by atoms with Crippen LogP contribution in [0, 0.1) is 5.92 Å². The largest absolute Gasteiger partial charge is 0.347 e. The summed E-state index contributed by atoms with van der Waals surface area (Å²) in [6, 6.07) is 8.53. The fourth-order valence-electron chi connectivity index (χ4n) is 2.87. The van der Waals surface area contributed by atoms with Crippen LogP contribution in [0.4, 0.5) is 4.79 Å². The highest BCUT2D eigenvalue weighted by Gasteiger charge is 2.25. The molecule has 0 radical (unpaired) electrons. The second-order valence-electron chi connectivity index (χ2n) is 6.67. The number of benzene rings is 1. The van der Waals surface area contributed by atoms with Gasteiger partial charge in [-0.2, -0.15) is 0 Å². The van der Waals surface area contributed by atoms with Gasteiger partial charge in [0.15, 0.2) is 0 Å². The van der Waals surface area contributed by atoms with Crippen molar-refractivity contribution in [3.8, 4) is 0 Å². The lowest BCUT2D eigenvalue weighted by Gasteiger charge is -2.24. The quantitative estimate of drug-likeness (QED) is 0.772. The summed E-state index contributed by atoms with van der Waals surface area (Å²) in [5.41, 5.74) is 2.47. The Bertz CT molecular complexity index is 557. The molecule has 4 nitrogen and oxygen atoms in total. The number of hydrogen-bond donors (Lipinski definition) is 1. The number of nitrogens with one attached hydrogen (secondary N) is 1. The minimum absolute atomic E-state index is 0.00604. The van der Waals surface area contributed by atoms with E-state index in [1.54, 1.807) is 4.90 Å². The van der Waals surface area contributed by atoms with Crippen LogP contribution in [0.3, 0.4) is 0 Å². The molecule has 0 aliphatic carbocycles. The fraction of sp³-hybridized carbons (Fsp3) is 0.579. The lowest BCUT2D eigenvalue weighted by molar-refractivity contribution is -0.122. The van der Waals surface area contributed by atoms with Crippen molar-refractivity contribution in [3.63, 3.8) is 0 Å². The third-order valence-electron chi connectivity index (χ3n) is 4.32. The van der Waals surface area contributed by atoms with Crippen molar-refractivity contribution < 1.29 is 9.59 Å². The van der Waals surface area contributed by atoms with Gasteiger partial charge in [-0.3, -0.25) is 9.59 Å². The predicted molar refractivity (Wildman–Crippen MR) is 100 cm³/mol. The zero-order valence-corrected chi connectivity index (χ0v) is 15.7. The highest BCUT2D eigenvalue weighted by Crippen LogP contribution is 2.23. The van der Waals surface area contributed by atoms with E-state index in [4.69, 9.17) is 0 Å². The number of hydrogen-bond acceptors (Lipinski definition) is 3. The van der Waals surface area contributed by atoms with Crippen molar-refractivity contribution in [2.75, 3.05) is 18.8 Å². The van der Waals surface area contributed by atoms with Gasteiger partial charge in [0.1, 0.15) is 6.54 Å². The molecule has 1 heterocycles. The summed E-state index contributed by atoms with van der Waals surface area (Å²) in [7, 11) is 0. The number of thioether (sulfide) groups is 1. The van der Waals surface area contributed by atoms with Gasteiger partial charge >= 0.3 is 0 Å². The number of carbonyl (C=O) groups excluding carboxylic acids is 2. The molecule has 2 rings (SSSR count). The van der Waals surface area contributed by atoms with Gasteiger partial charge in [-0.15, -0.1) is 0 Å². The molecule has 1 aromatic rings. The third-order valence-corrected chi connectivity index (χ3v) is 5.21. The molecule has 1 atom stereocenters. The van der Waals surface area contributed by atoms with Crippen LogP contribution < -0.4 is 5.32 Å². The summed E-state index contributed by atoms with van der Waals surface area (Å²) in [4.78, 5) is 25.6. The van der Waals surface area contributed by atoms with Crippen molar-refractivity contribution in [3.05, 3.63) is 35.4 Å². The highest BCUT2D eigenvalue weighted by atomic mass is 32.2. The molecule has 0 bridgehead atoms. The van der Waals surface area contributed by atoms with Crippen molar-refractivity contribution in [1.82, 2.24) is 10.2 Å². The summed E-state index contributed by atoms with van der Waals surface area (Å²) in [5.74, 6) is 0.984. The third kappa shape index (κ3) is 5.26. The van der Waals surface area contributed by atoms with Crippen molar-refractivity contribution in [2.24, 2.45) is 5.92 Å². The summed E-state index contributed by atoms with van der Waals surface area (Å²) in [6.07, 6.45) is 3.50. The van der Waals surface area contributed by atoms with Gasteiger partial charge in [-0.05, 0) is 29.9 Å². The number of rotatable bonds is 8. The molecule has 1 aliphatic rings. The van der Waals surface area contributed by atoms with Crippen LogP contribution >= 0.6 is 11.8 Å². The zero-order valence-electron chi connectivity index (χ0n) is 14.9. The van der Waals surface area contributed by atoms with E-state index in [9.17, 15) is 9.59 Å². The van der Waals surface area contributed by atoms with Gasteiger partial charge in [0.25, 0.3) is 5.24 Å². The Morgan fingerprint density at radius 1 is 1.29 bits per heavy atom. The summed E-state index contributed by atoms with van der Waals surface area (Å²) in [5, 5.41) is 3.11. The van der Waals surface area contributed by atoms with Crippen LogP contribution in [0.25, 0.3) is 0 Å². The van der Waals surface area contributed by atoms with E-state index >= 15 is 0 Å². The normalized spacial score (nSPS) is 15.8. The molecule has 24 heavy (non-hydrogen) atoms. The Morgan fingerprint density at radius 3 is 2.54 bits per heavy atom. The lowest BCUT2D eigenvalue weighted by atomic mass is 9.94. The molecule has 5 heteroatoms. The Labute approximate surface area is 149 Å².